The minimum absolute atomic E-state index is 0.916. The molecule has 0 saturated heterocycles. The van der Waals surface area contributed by atoms with Crippen LogP contribution in [0.5, 0.6) is 5.75 Å². The minimum atomic E-state index is 0.916. The van der Waals surface area contributed by atoms with E-state index in [4.69, 9.17) is 4.74 Å². The number of methoxy groups -OCH3 is 1. The van der Waals surface area contributed by atoms with Gasteiger partial charge in [0.1, 0.15) is 17.5 Å². The predicted molar refractivity (Wildman–Crippen MR) is 75.0 cm³/mol. The second kappa shape index (κ2) is 4.42. The highest BCUT2D eigenvalue weighted by Crippen LogP contribution is 2.33. The molecule has 0 saturated carbocycles. The third kappa shape index (κ3) is 1.68. The molecule has 0 amide bonds. The normalized spacial score (nSPS) is 10.8. The molecule has 0 fully saturated rings. The summed E-state index contributed by atoms with van der Waals surface area (Å²) in [4.78, 5) is 0. The molecular formula is C15H14NOS+. The fourth-order valence-corrected chi connectivity index (χ4v) is 3.34. The number of benzene rings is 2. The number of nitrogens with zero attached hydrogens (tertiary/aromatic N) is 1. The molecule has 18 heavy (non-hydrogen) atoms. The van der Waals surface area contributed by atoms with Gasteiger partial charge in [-0.15, -0.1) is 0 Å². The molecular weight excluding hydrogens is 242 g/mol. The first-order valence-corrected chi connectivity index (χ1v) is 6.64. The number of thiazole rings is 1. The number of para-hydroxylation sites is 2. The summed E-state index contributed by atoms with van der Waals surface area (Å²) in [5, 5.41) is 1.22. The van der Waals surface area contributed by atoms with Crippen LogP contribution in [0.4, 0.5) is 0 Å². The SMILES string of the molecule is COc1ccccc1-c1sc2ccccc2[n+]1C. The Morgan fingerprint density at radius 3 is 2.50 bits per heavy atom. The Bertz CT molecular complexity index is 703. The van der Waals surface area contributed by atoms with E-state index >= 15 is 0 Å². The Labute approximate surface area is 110 Å². The van der Waals surface area contributed by atoms with Gasteiger partial charge in [-0.05, 0) is 18.2 Å². The maximum Gasteiger partial charge on any atom is 0.273 e. The van der Waals surface area contributed by atoms with E-state index in [1.165, 1.54) is 15.2 Å². The van der Waals surface area contributed by atoms with Crippen molar-refractivity contribution < 1.29 is 9.30 Å². The highest BCUT2D eigenvalue weighted by Gasteiger charge is 2.20. The number of fused-ring (bicyclic) bond motifs is 1. The van der Waals surface area contributed by atoms with Crippen LogP contribution in [0.1, 0.15) is 0 Å². The lowest BCUT2D eigenvalue weighted by Gasteiger charge is -2.03. The Morgan fingerprint density at radius 2 is 1.72 bits per heavy atom. The summed E-state index contributed by atoms with van der Waals surface area (Å²) in [6.07, 6.45) is 0. The molecule has 90 valence electrons. The van der Waals surface area contributed by atoms with Crippen molar-refractivity contribution >= 4 is 21.6 Å². The maximum atomic E-state index is 5.44. The summed E-state index contributed by atoms with van der Waals surface area (Å²) in [7, 11) is 3.81. The van der Waals surface area contributed by atoms with E-state index in [1.807, 2.05) is 18.2 Å². The van der Waals surface area contributed by atoms with Gasteiger partial charge < -0.3 is 4.74 Å². The standard InChI is InChI=1S/C15H14NOS/c1-16-12-8-4-6-10-14(12)18-15(16)11-7-3-5-9-13(11)17-2/h3-10H,1-2H3/q+1. The van der Waals surface area contributed by atoms with Crippen LogP contribution in [0, 0.1) is 0 Å². The van der Waals surface area contributed by atoms with Crippen LogP contribution in [-0.2, 0) is 7.05 Å². The van der Waals surface area contributed by atoms with Gasteiger partial charge in [-0.2, -0.15) is 4.57 Å². The van der Waals surface area contributed by atoms with E-state index in [0.29, 0.717) is 0 Å². The van der Waals surface area contributed by atoms with Crippen molar-refractivity contribution in [1.29, 1.82) is 0 Å². The zero-order valence-electron chi connectivity index (χ0n) is 10.4. The van der Waals surface area contributed by atoms with E-state index in [1.54, 1.807) is 18.4 Å². The molecule has 0 aliphatic heterocycles. The van der Waals surface area contributed by atoms with Crippen LogP contribution in [0.2, 0.25) is 0 Å². The molecule has 1 aromatic heterocycles. The van der Waals surface area contributed by atoms with E-state index in [-0.39, 0.29) is 0 Å². The smallest absolute Gasteiger partial charge is 0.273 e. The van der Waals surface area contributed by atoms with Gasteiger partial charge in [-0.3, -0.25) is 0 Å². The summed E-state index contributed by atoms with van der Waals surface area (Å²) >= 11 is 1.79. The largest absolute Gasteiger partial charge is 0.496 e. The molecule has 3 heteroatoms. The third-order valence-electron chi connectivity index (χ3n) is 3.08. The van der Waals surface area contributed by atoms with Crippen LogP contribution in [-0.4, -0.2) is 7.11 Å². The quantitative estimate of drug-likeness (QED) is 0.640. The molecule has 0 atom stereocenters. The van der Waals surface area contributed by atoms with Gasteiger partial charge in [0.25, 0.3) is 5.01 Å². The van der Waals surface area contributed by atoms with Crippen molar-refractivity contribution in [3.05, 3.63) is 48.5 Å². The fourth-order valence-electron chi connectivity index (χ4n) is 2.16. The molecule has 0 radical (unpaired) electrons. The molecule has 0 unspecified atom stereocenters. The topological polar surface area (TPSA) is 13.1 Å². The number of aromatic nitrogens is 1. The van der Waals surface area contributed by atoms with Crippen molar-refractivity contribution in [3.8, 4) is 16.3 Å². The van der Waals surface area contributed by atoms with E-state index in [0.717, 1.165) is 11.3 Å². The molecule has 0 aliphatic carbocycles. The maximum absolute atomic E-state index is 5.44. The zero-order chi connectivity index (χ0) is 12.5. The molecule has 0 N–H and O–H groups in total. The number of ether oxygens (including phenoxy) is 1. The first-order valence-electron chi connectivity index (χ1n) is 5.82. The van der Waals surface area contributed by atoms with Gasteiger partial charge in [0.2, 0.25) is 5.52 Å². The molecule has 0 spiro atoms. The summed E-state index contributed by atoms with van der Waals surface area (Å²) < 4.78 is 8.96. The molecule has 3 rings (SSSR count). The van der Waals surface area contributed by atoms with Crippen molar-refractivity contribution in [2.45, 2.75) is 0 Å². The summed E-state index contributed by atoms with van der Waals surface area (Å²) in [5.41, 5.74) is 2.40. The summed E-state index contributed by atoms with van der Waals surface area (Å²) in [6, 6.07) is 16.6. The Hall–Kier alpha value is -1.87. The van der Waals surface area contributed by atoms with Gasteiger partial charge in [-0.1, -0.05) is 35.6 Å². The van der Waals surface area contributed by atoms with E-state index in [2.05, 4.69) is 41.9 Å². The lowest BCUT2D eigenvalue weighted by atomic mass is 10.2. The molecule has 3 aromatic rings. The van der Waals surface area contributed by atoms with Crippen LogP contribution < -0.4 is 9.30 Å². The number of hydrogen-bond acceptors (Lipinski definition) is 2. The van der Waals surface area contributed by atoms with Gasteiger partial charge in [0.15, 0.2) is 0 Å². The number of rotatable bonds is 2. The third-order valence-corrected chi connectivity index (χ3v) is 4.33. The Balaban J connectivity index is 2.28. The predicted octanol–water partition coefficient (Wildman–Crippen LogP) is 3.40. The molecule has 0 bridgehead atoms. The first kappa shape index (κ1) is 11.2. The lowest BCUT2D eigenvalue weighted by molar-refractivity contribution is -0.629. The monoisotopic (exact) mass is 256 g/mol. The zero-order valence-corrected chi connectivity index (χ0v) is 11.2. The van der Waals surface area contributed by atoms with Crippen molar-refractivity contribution in [1.82, 2.24) is 0 Å². The van der Waals surface area contributed by atoms with Crippen LogP contribution in [0.25, 0.3) is 20.8 Å². The number of aryl methyl sites for hydroxylation is 1. The second-order valence-corrected chi connectivity index (χ2v) is 5.16. The average Bonchev–Trinajstić information content (AvgIpc) is 2.76. The second-order valence-electron chi connectivity index (χ2n) is 4.13. The Kier molecular flexibility index (Phi) is 2.76. The van der Waals surface area contributed by atoms with E-state index < -0.39 is 0 Å². The lowest BCUT2D eigenvalue weighted by Crippen LogP contribution is -2.28. The van der Waals surface area contributed by atoms with Gasteiger partial charge in [-0.25, -0.2) is 0 Å². The van der Waals surface area contributed by atoms with Crippen LogP contribution in [0.15, 0.2) is 48.5 Å². The summed E-state index contributed by atoms with van der Waals surface area (Å²) in [6.45, 7) is 0. The van der Waals surface area contributed by atoms with Crippen LogP contribution >= 0.6 is 11.3 Å². The molecule has 2 aromatic carbocycles. The van der Waals surface area contributed by atoms with Gasteiger partial charge in [0, 0.05) is 6.07 Å². The molecule has 2 nitrogen and oxygen atoms in total. The van der Waals surface area contributed by atoms with Crippen LogP contribution in [0.3, 0.4) is 0 Å². The number of hydrogen-bond donors (Lipinski definition) is 0. The average molecular weight is 256 g/mol. The fraction of sp³-hybridized carbons (Fsp3) is 0.133. The van der Waals surface area contributed by atoms with Gasteiger partial charge >= 0.3 is 0 Å². The molecule has 1 heterocycles. The van der Waals surface area contributed by atoms with Gasteiger partial charge in [0.05, 0.1) is 12.7 Å². The minimum Gasteiger partial charge on any atom is -0.496 e. The highest BCUT2D eigenvalue weighted by atomic mass is 32.1. The highest BCUT2D eigenvalue weighted by molar-refractivity contribution is 7.21. The molecule has 0 aliphatic rings. The Morgan fingerprint density at radius 1 is 1.00 bits per heavy atom. The first-order chi connectivity index (χ1) is 8.81. The van der Waals surface area contributed by atoms with Crippen molar-refractivity contribution in [2.24, 2.45) is 7.05 Å². The van der Waals surface area contributed by atoms with E-state index in [9.17, 15) is 0 Å². The van der Waals surface area contributed by atoms with Crippen molar-refractivity contribution in [2.75, 3.05) is 7.11 Å². The van der Waals surface area contributed by atoms with Crippen molar-refractivity contribution in [3.63, 3.8) is 0 Å². The summed E-state index contributed by atoms with van der Waals surface area (Å²) in [5.74, 6) is 0.916.